The van der Waals surface area contributed by atoms with Gasteiger partial charge in [-0.15, -0.1) is 0 Å². The van der Waals surface area contributed by atoms with Crippen LogP contribution in [-0.4, -0.2) is 25.7 Å². The van der Waals surface area contributed by atoms with Crippen LogP contribution in [0.3, 0.4) is 0 Å². The van der Waals surface area contributed by atoms with Crippen LogP contribution in [0.5, 0.6) is 0 Å². The van der Waals surface area contributed by atoms with Gasteiger partial charge in [0, 0.05) is 6.04 Å². The third-order valence-corrected chi connectivity index (χ3v) is 4.93. The average molecular weight is 222 g/mol. The Kier molecular flexibility index (Phi) is 3.21. The van der Waals surface area contributed by atoms with Crippen LogP contribution >= 0.6 is 0 Å². The molecule has 0 aromatic carbocycles. The third-order valence-electron chi connectivity index (χ3n) is 4.93. The first-order valence-electron chi connectivity index (χ1n) is 7.28. The molecule has 16 heavy (non-hydrogen) atoms. The van der Waals surface area contributed by atoms with Gasteiger partial charge in [0.15, 0.2) is 0 Å². The second kappa shape index (κ2) is 4.66. The van der Waals surface area contributed by atoms with Crippen molar-refractivity contribution in [3.8, 4) is 0 Å². The smallest absolute Gasteiger partial charge is 0.00795 e. The Labute approximate surface area is 99.6 Å². The van der Waals surface area contributed by atoms with Gasteiger partial charge < -0.3 is 10.6 Å². The van der Waals surface area contributed by atoms with Gasteiger partial charge in [-0.1, -0.05) is 0 Å². The van der Waals surface area contributed by atoms with E-state index in [1.165, 1.54) is 51.7 Å². The molecule has 1 aliphatic heterocycles. The van der Waals surface area contributed by atoms with Gasteiger partial charge in [-0.2, -0.15) is 0 Å². The minimum Gasteiger partial charge on any atom is -0.316 e. The maximum atomic E-state index is 3.76. The van der Waals surface area contributed by atoms with E-state index in [0.29, 0.717) is 0 Å². The lowest BCUT2D eigenvalue weighted by Gasteiger charge is -2.20. The van der Waals surface area contributed by atoms with Crippen molar-refractivity contribution in [2.45, 2.75) is 45.1 Å². The molecule has 0 amide bonds. The van der Waals surface area contributed by atoms with Crippen molar-refractivity contribution >= 4 is 0 Å². The van der Waals surface area contributed by atoms with Gasteiger partial charge in [-0.05, 0) is 82.3 Å². The summed E-state index contributed by atoms with van der Waals surface area (Å²) in [4.78, 5) is 0. The number of hydrogen-bond acceptors (Lipinski definition) is 2. The lowest BCUT2D eigenvalue weighted by molar-refractivity contribution is 0.353. The number of nitrogens with one attached hydrogen (secondary N) is 2. The highest BCUT2D eigenvalue weighted by atomic mass is 15.0. The summed E-state index contributed by atoms with van der Waals surface area (Å²) in [6, 6.07) is 0.729. The second-order valence-corrected chi connectivity index (χ2v) is 6.29. The van der Waals surface area contributed by atoms with Crippen LogP contribution in [0.15, 0.2) is 0 Å². The van der Waals surface area contributed by atoms with Gasteiger partial charge in [0.1, 0.15) is 0 Å². The van der Waals surface area contributed by atoms with E-state index < -0.39 is 0 Å². The standard InChI is InChI=1S/C14H26N2/c1-10-13(6-7-16-10)8-15-9-14(11-2-3-11)12-4-5-12/h10-16H,2-9H2,1H3. The van der Waals surface area contributed by atoms with Crippen molar-refractivity contribution in [1.29, 1.82) is 0 Å². The topological polar surface area (TPSA) is 24.1 Å². The molecule has 1 heterocycles. The summed E-state index contributed by atoms with van der Waals surface area (Å²) in [6.45, 7) is 6.10. The molecule has 0 aromatic rings. The van der Waals surface area contributed by atoms with Crippen molar-refractivity contribution in [1.82, 2.24) is 10.6 Å². The molecule has 2 nitrogen and oxygen atoms in total. The summed E-state index contributed by atoms with van der Waals surface area (Å²) in [5.41, 5.74) is 0. The molecular weight excluding hydrogens is 196 g/mol. The molecule has 0 aromatic heterocycles. The predicted octanol–water partition coefficient (Wildman–Crippen LogP) is 2.01. The molecule has 3 aliphatic rings. The van der Waals surface area contributed by atoms with Crippen LogP contribution in [-0.2, 0) is 0 Å². The molecule has 0 bridgehead atoms. The van der Waals surface area contributed by atoms with Crippen LogP contribution in [0.4, 0.5) is 0 Å². The van der Waals surface area contributed by atoms with Gasteiger partial charge in [0.2, 0.25) is 0 Å². The summed E-state index contributed by atoms with van der Waals surface area (Å²) in [7, 11) is 0. The van der Waals surface area contributed by atoms with Crippen molar-refractivity contribution in [3.05, 3.63) is 0 Å². The highest BCUT2D eigenvalue weighted by Gasteiger charge is 2.40. The fourth-order valence-electron chi connectivity index (χ4n) is 3.39. The predicted molar refractivity (Wildman–Crippen MR) is 67.4 cm³/mol. The van der Waals surface area contributed by atoms with E-state index in [0.717, 1.165) is 29.7 Å². The Bertz CT molecular complexity index is 221. The molecular formula is C14H26N2. The minimum absolute atomic E-state index is 0.729. The fraction of sp³-hybridized carbons (Fsp3) is 1.00. The molecule has 1 saturated heterocycles. The zero-order valence-corrected chi connectivity index (χ0v) is 10.5. The highest BCUT2D eigenvalue weighted by molar-refractivity contribution is 4.92. The molecule has 2 aliphatic carbocycles. The van der Waals surface area contributed by atoms with E-state index in [-0.39, 0.29) is 0 Å². The molecule has 0 radical (unpaired) electrons. The van der Waals surface area contributed by atoms with Crippen LogP contribution in [0.1, 0.15) is 39.0 Å². The third kappa shape index (κ3) is 2.60. The van der Waals surface area contributed by atoms with Gasteiger partial charge in [-0.3, -0.25) is 0 Å². The lowest BCUT2D eigenvalue weighted by Crippen LogP contribution is -2.34. The van der Waals surface area contributed by atoms with Crippen molar-refractivity contribution in [2.75, 3.05) is 19.6 Å². The zero-order chi connectivity index (χ0) is 11.0. The first-order chi connectivity index (χ1) is 7.84. The van der Waals surface area contributed by atoms with Gasteiger partial charge in [0.05, 0.1) is 0 Å². The van der Waals surface area contributed by atoms with Gasteiger partial charge in [0.25, 0.3) is 0 Å². The Balaban J connectivity index is 1.38. The maximum absolute atomic E-state index is 3.76. The van der Waals surface area contributed by atoms with Gasteiger partial charge >= 0.3 is 0 Å². The molecule has 3 fully saturated rings. The Morgan fingerprint density at radius 2 is 1.81 bits per heavy atom. The average Bonchev–Trinajstić information content (AvgIpc) is 3.15. The van der Waals surface area contributed by atoms with E-state index in [4.69, 9.17) is 0 Å². The molecule has 2 N–H and O–H groups in total. The summed E-state index contributed by atoms with van der Waals surface area (Å²) in [6.07, 6.45) is 7.44. The SMILES string of the molecule is CC1NCCC1CNCC(C1CC1)C1CC1. The first-order valence-corrected chi connectivity index (χ1v) is 7.28. The summed E-state index contributed by atoms with van der Waals surface area (Å²) in [5.74, 6) is 4.10. The summed E-state index contributed by atoms with van der Waals surface area (Å²) < 4.78 is 0. The normalized spacial score (nSPS) is 34.9. The van der Waals surface area contributed by atoms with Crippen LogP contribution in [0.2, 0.25) is 0 Å². The quantitative estimate of drug-likeness (QED) is 0.718. The van der Waals surface area contributed by atoms with Crippen molar-refractivity contribution < 1.29 is 0 Å². The second-order valence-electron chi connectivity index (χ2n) is 6.29. The molecule has 2 heteroatoms. The highest BCUT2D eigenvalue weighted by Crippen LogP contribution is 2.48. The van der Waals surface area contributed by atoms with Crippen LogP contribution in [0.25, 0.3) is 0 Å². The van der Waals surface area contributed by atoms with Crippen molar-refractivity contribution in [2.24, 2.45) is 23.7 Å². The molecule has 2 atom stereocenters. The minimum atomic E-state index is 0.729. The molecule has 0 spiro atoms. The number of hydrogen-bond donors (Lipinski definition) is 2. The molecule has 3 rings (SSSR count). The lowest BCUT2D eigenvalue weighted by atomic mass is 9.97. The van der Waals surface area contributed by atoms with Crippen LogP contribution in [0, 0.1) is 23.7 Å². The van der Waals surface area contributed by atoms with E-state index >= 15 is 0 Å². The Morgan fingerprint density at radius 3 is 2.31 bits per heavy atom. The molecule has 2 unspecified atom stereocenters. The van der Waals surface area contributed by atoms with E-state index in [1.54, 1.807) is 0 Å². The molecule has 92 valence electrons. The monoisotopic (exact) mass is 222 g/mol. The fourth-order valence-corrected chi connectivity index (χ4v) is 3.39. The van der Waals surface area contributed by atoms with E-state index in [1.807, 2.05) is 0 Å². The zero-order valence-electron chi connectivity index (χ0n) is 10.5. The maximum Gasteiger partial charge on any atom is 0.00795 e. The summed E-state index contributed by atoms with van der Waals surface area (Å²) >= 11 is 0. The van der Waals surface area contributed by atoms with E-state index in [9.17, 15) is 0 Å². The Hall–Kier alpha value is -0.0800. The Morgan fingerprint density at radius 1 is 1.12 bits per heavy atom. The van der Waals surface area contributed by atoms with Gasteiger partial charge in [-0.25, -0.2) is 0 Å². The van der Waals surface area contributed by atoms with E-state index in [2.05, 4.69) is 17.6 Å². The van der Waals surface area contributed by atoms with Crippen molar-refractivity contribution in [3.63, 3.8) is 0 Å². The molecule has 2 saturated carbocycles. The largest absolute Gasteiger partial charge is 0.316 e. The first kappa shape index (κ1) is 11.0. The summed E-state index contributed by atoms with van der Waals surface area (Å²) in [5, 5.41) is 7.30. The van der Waals surface area contributed by atoms with Crippen LogP contribution < -0.4 is 10.6 Å². The number of rotatable bonds is 6.